The minimum atomic E-state index is -0.200. The molecule has 0 saturated carbocycles. The molecule has 0 radical (unpaired) electrons. The van der Waals surface area contributed by atoms with Gasteiger partial charge in [-0.25, -0.2) is 0 Å². The van der Waals surface area contributed by atoms with E-state index in [1.54, 1.807) is 0 Å². The molecule has 0 aliphatic heterocycles. The van der Waals surface area contributed by atoms with Crippen molar-refractivity contribution in [1.29, 1.82) is 0 Å². The first-order valence-electron chi connectivity index (χ1n) is 10.3. The lowest BCUT2D eigenvalue weighted by Crippen LogP contribution is -2.29. The second kappa shape index (κ2) is 7.56. The first-order valence-corrected chi connectivity index (χ1v) is 10.3. The van der Waals surface area contributed by atoms with Gasteiger partial charge < -0.3 is 0 Å². The SMILES string of the molecule is CC(C)(C)n1cc(-c2ccnc(CC(C)(C)n3cc(-c4ccccc4)cn3)c2)cn1. The molecule has 3 aromatic heterocycles. The molecule has 3 heterocycles. The van der Waals surface area contributed by atoms with Crippen LogP contribution in [0.4, 0.5) is 0 Å². The first-order chi connectivity index (χ1) is 14.2. The third-order valence-corrected chi connectivity index (χ3v) is 5.34. The summed E-state index contributed by atoms with van der Waals surface area (Å²) in [5.41, 5.74) is 5.35. The Bertz CT molecular complexity index is 1130. The summed E-state index contributed by atoms with van der Waals surface area (Å²) < 4.78 is 4.04. The van der Waals surface area contributed by atoms with Gasteiger partial charge in [0.15, 0.2) is 0 Å². The van der Waals surface area contributed by atoms with Crippen molar-refractivity contribution in [3.63, 3.8) is 0 Å². The van der Waals surface area contributed by atoms with E-state index in [9.17, 15) is 0 Å². The highest BCUT2D eigenvalue weighted by Gasteiger charge is 2.23. The molecule has 0 fully saturated rings. The number of hydrogen-bond donors (Lipinski definition) is 0. The van der Waals surface area contributed by atoms with Crippen LogP contribution in [0.3, 0.4) is 0 Å². The molecule has 1 aromatic carbocycles. The zero-order valence-corrected chi connectivity index (χ0v) is 18.4. The number of pyridine rings is 1. The van der Waals surface area contributed by atoms with E-state index in [2.05, 4.69) is 92.5 Å². The van der Waals surface area contributed by atoms with Crippen LogP contribution in [-0.4, -0.2) is 24.5 Å². The Morgan fingerprint density at radius 2 is 1.37 bits per heavy atom. The Morgan fingerprint density at radius 1 is 0.733 bits per heavy atom. The molecule has 154 valence electrons. The number of benzene rings is 1. The van der Waals surface area contributed by atoms with Gasteiger partial charge in [0.1, 0.15) is 0 Å². The van der Waals surface area contributed by atoms with E-state index in [-0.39, 0.29) is 11.1 Å². The fourth-order valence-corrected chi connectivity index (χ4v) is 3.55. The summed E-state index contributed by atoms with van der Waals surface area (Å²) in [6.07, 6.45) is 10.7. The van der Waals surface area contributed by atoms with Crippen LogP contribution >= 0.6 is 0 Å². The van der Waals surface area contributed by atoms with Crippen molar-refractivity contribution >= 4 is 0 Å². The summed E-state index contributed by atoms with van der Waals surface area (Å²) >= 11 is 0. The van der Waals surface area contributed by atoms with Gasteiger partial charge in [0.2, 0.25) is 0 Å². The lowest BCUT2D eigenvalue weighted by Gasteiger charge is -2.25. The molecule has 0 bridgehead atoms. The van der Waals surface area contributed by atoms with Gasteiger partial charge in [-0.3, -0.25) is 14.3 Å². The van der Waals surface area contributed by atoms with Crippen LogP contribution in [0, 0.1) is 0 Å². The van der Waals surface area contributed by atoms with Gasteiger partial charge in [-0.2, -0.15) is 10.2 Å². The number of rotatable bonds is 5. The van der Waals surface area contributed by atoms with Gasteiger partial charge in [0.25, 0.3) is 0 Å². The minimum absolute atomic E-state index is 0.0351. The summed E-state index contributed by atoms with van der Waals surface area (Å²) in [4.78, 5) is 4.63. The van der Waals surface area contributed by atoms with Gasteiger partial charge in [-0.15, -0.1) is 0 Å². The van der Waals surface area contributed by atoms with Crippen LogP contribution in [0.15, 0.2) is 73.4 Å². The van der Waals surface area contributed by atoms with E-state index >= 15 is 0 Å². The average molecular weight is 400 g/mol. The zero-order chi connectivity index (χ0) is 21.4. The lowest BCUT2D eigenvalue weighted by atomic mass is 9.97. The summed E-state index contributed by atoms with van der Waals surface area (Å²) in [6, 6.07) is 14.6. The maximum absolute atomic E-state index is 4.65. The smallest absolute Gasteiger partial charge is 0.0627 e. The molecule has 0 unspecified atom stereocenters. The van der Waals surface area contributed by atoms with Crippen molar-refractivity contribution in [2.75, 3.05) is 0 Å². The highest BCUT2D eigenvalue weighted by molar-refractivity contribution is 5.62. The maximum Gasteiger partial charge on any atom is 0.0627 e. The van der Waals surface area contributed by atoms with Crippen molar-refractivity contribution in [3.05, 3.63) is 79.1 Å². The van der Waals surface area contributed by atoms with Gasteiger partial charge in [0, 0.05) is 41.8 Å². The van der Waals surface area contributed by atoms with Crippen molar-refractivity contribution in [3.8, 4) is 22.3 Å². The fourth-order valence-electron chi connectivity index (χ4n) is 3.55. The Labute approximate surface area is 178 Å². The maximum atomic E-state index is 4.65. The second-order valence-corrected chi connectivity index (χ2v) is 9.41. The normalized spacial score (nSPS) is 12.3. The zero-order valence-electron chi connectivity index (χ0n) is 18.4. The Kier molecular flexibility index (Phi) is 5.06. The molecule has 0 atom stereocenters. The molecule has 0 aliphatic carbocycles. The van der Waals surface area contributed by atoms with Gasteiger partial charge in [-0.1, -0.05) is 30.3 Å². The van der Waals surface area contributed by atoms with Crippen LogP contribution in [0.1, 0.15) is 40.3 Å². The van der Waals surface area contributed by atoms with E-state index in [0.717, 1.165) is 28.8 Å². The lowest BCUT2D eigenvalue weighted by molar-refractivity contribution is 0.314. The van der Waals surface area contributed by atoms with Crippen molar-refractivity contribution in [1.82, 2.24) is 24.5 Å². The third kappa shape index (κ3) is 4.20. The molecular weight excluding hydrogens is 370 g/mol. The molecule has 0 aliphatic rings. The Balaban J connectivity index is 1.56. The number of hydrogen-bond acceptors (Lipinski definition) is 3. The predicted molar refractivity (Wildman–Crippen MR) is 121 cm³/mol. The first kappa shape index (κ1) is 20.1. The van der Waals surface area contributed by atoms with Crippen molar-refractivity contribution in [2.24, 2.45) is 0 Å². The molecule has 0 saturated heterocycles. The highest BCUT2D eigenvalue weighted by atomic mass is 15.3. The predicted octanol–water partition coefficient (Wildman–Crippen LogP) is 5.54. The van der Waals surface area contributed by atoms with Crippen molar-refractivity contribution in [2.45, 2.75) is 52.1 Å². The van der Waals surface area contributed by atoms with Gasteiger partial charge in [0.05, 0.1) is 23.5 Å². The van der Waals surface area contributed by atoms with E-state index in [0.29, 0.717) is 0 Å². The van der Waals surface area contributed by atoms with Crippen molar-refractivity contribution < 1.29 is 0 Å². The molecular formula is C25H29N5. The van der Waals surface area contributed by atoms with Crippen LogP contribution in [-0.2, 0) is 17.5 Å². The fraction of sp³-hybridized carbons (Fsp3) is 0.320. The summed E-state index contributed by atoms with van der Waals surface area (Å²) in [7, 11) is 0. The molecule has 30 heavy (non-hydrogen) atoms. The van der Waals surface area contributed by atoms with Crippen LogP contribution < -0.4 is 0 Å². The second-order valence-electron chi connectivity index (χ2n) is 9.41. The summed E-state index contributed by atoms with van der Waals surface area (Å²) in [5.74, 6) is 0. The van der Waals surface area contributed by atoms with Crippen LogP contribution in [0.2, 0.25) is 0 Å². The third-order valence-electron chi connectivity index (χ3n) is 5.34. The monoisotopic (exact) mass is 399 g/mol. The van der Waals surface area contributed by atoms with E-state index in [1.165, 1.54) is 5.56 Å². The van der Waals surface area contributed by atoms with E-state index in [1.807, 2.05) is 40.1 Å². The largest absolute Gasteiger partial charge is 0.267 e. The summed E-state index contributed by atoms with van der Waals surface area (Å²) in [5, 5.41) is 9.18. The highest BCUT2D eigenvalue weighted by Crippen LogP contribution is 2.27. The average Bonchev–Trinajstić information content (AvgIpc) is 3.39. The van der Waals surface area contributed by atoms with Gasteiger partial charge >= 0.3 is 0 Å². The molecule has 4 aromatic rings. The standard InChI is InChI=1S/C25H29N5/c1-24(2,3)29-17-22(16-27-29)20-11-12-26-23(13-20)14-25(4,5)30-18-21(15-28-30)19-9-7-6-8-10-19/h6-13,15-18H,14H2,1-5H3. The number of nitrogens with zero attached hydrogens (tertiary/aromatic N) is 5. The minimum Gasteiger partial charge on any atom is -0.267 e. The molecule has 0 spiro atoms. The molecule has 0 amide bonds. The Hall–Kier alpha value is -3.21. The molecule has 4 rings (SSSR count). The topological polar surface area (TPSA) is 48.5 Å². The van der Waals surface area contributed by atoms with E-state index < -0.39 is 0 Å². The molecule has 5 nitrogen and oxygen atoms in total. The van der Waals surface area contributed by atoms with Crippen LogP contribution in [0.25, 0.3) is 22.3 Å². The quantitative estimate of drug-likeness (QED) is 0.443. The van der Waals surface area contributed by atoms with Crippen LogP contribution in [0.5, 0.6) is 0 Å². The van der Waals surface area contributed by atoms with E-state index in [4.69, 9.17) is 0 Å². The molecule has 5 heteroatoms. The van der Waals surface area contributed by atoms with Gasteiger partial charge in [-0.05, 0) is 57.9 Å². The molecule has 0 N–H and O–H groups in total. The Morgan fingerprint density at radius 3 is 2.03 bits per heavy atom. The summed E-state index contributed by atoms with van der Waals surface area (Å²) in [6.45, 7) is 10.8. The number of aromatic nitrogens is 5.